The first-order valence-corrected chi connectivity index (χ1v) is 8.40. The summed E-state index contributed by atoms with van der Waals surface area (Å²) in [6.45, 7) is 9.09. The SMILES string of the molecule is CCC(C)CC(CC)NC(C)c1ccc(OC)c(Br)c1. The van der Waals surface area contributed by atoms with Crippen molar-refractivity contribution in [1.29, 1.82) is 0 Å². The van der Waals surface area contributed by atoms with Crippen LogP contribution in [0.5, 0.6) is 5.75 Å². The second kappa shape index (κ2) is 8.68. The summed E-state index contributed by atoms with van der Waals surface area (Å²) in [6.07, 6.45) is 3.67. The molecule has 0 bridgehead atoms. The summed E-state index contributed by atoms with van der Waals surface area (Å²) in [5.74, 6) is 1.66. The standard InChI is InChI=1S/C17H28BrNO/c1-6-12(3)10-15(7-2)19-13(4)14-8-9-17(20-5)16(18)11-14/h8-9,11-13,15,19H,6-7,10H2,1-5H3. The van der Waals surface area contributed by atoms with Crippen LogP contribution >= 0.6 is 15.9 Å². The Labute approximate surface area is 132 Å². The molecule has 20 heavy (non-hydrogen) atoms. The third kappa shape index (κ3) is 5.10. The van der Waals surface area contributed by atoms with Crippen molar-refractivity contribution in [2.45, 2.75) is 59.0 Å². The second-order valence-electron chi connectivity index (χ2n) is 5.64. The molecule has 3 atom stereocenters. The third-order valence-corrected chi connectivity index (χ3v) is 4.66. The molecule has 0 saturated carbocycles. The largest absolute Gasteiger partial charge is 0.496 e. The number of benzene rings is 1. The van der Waals surface area contributed by atoms with E-state index in [-0.39, 0.29) is 0 Å². The predicted octanol–water partition coefficient (Wildman–Crippen LogP) is 5.32. The lowest BCUT2D eigenvalue weighted by molar-refractivity contribution is 0.358. The highest BCUT2D eigenvalue weighted by Crippen LogP contribution is 2.28. The van der Waals surface area contributed by atoms with Crippen LogP contribution in [0.15, 0.2) is 22.7 Å². The molecule has 1 N–H and O–H groups in total. The summed E-state index contributed by atoms with van der Waals surface area (Å²) in [5, 5.41) is 3.75. The van der Waals surface area contributed by atoms with Gasteiger partial charge >= 0.3 is 0 Å². The molecule has 0 spiro atoms. The van der Waals surface area contributed by atoms with Gasteiger partial charge in [0.05, 0.1) is 11.6 Å². The first-order valence-electron chi connectivity index (χ1n) is 7.61. The zero-order chi connectivity index (χ0) is 15.1. The zero-order valence-electron chi connectivity index (χ0n) is 13.4. The number of hydrogen-bond donors (Lipinski definition) is 1. The van der Waals surface area contributed by atoms with Gasteiger partial charge in [-0.05, 0) is 59.3 Å². The second-order valence-corrected chi connectivity index (χ2v) is 6.49. The molecular weight excluding hydrogens is 314 g/mol. The van der Waals surface area contributed by atoms with E-state index in [1.807, 2.05) is 6.07 Å². The molecule has 3 unspecified atom stereocenters. The van der Waals surface area contributed by atoms with E-state index in [4.69, 9.17) is 4.74 Å². The van der Waals surface area contributed by atoms with Crippen LogP contribution in [0.2, 0.25) is 0 Å². The molecule has 0 fully saturated rings. The van der Waals surface area contributed by atoms with Crippen molar-refractivity contribution in [3.05, 3.63) is 28.2 Å². The van der Waals surface area contributed by atoms with Gasteiger partial charge in [0.2, 0.25) is 0 Å². The molecule has 1 aromatic rings. The number of ether oxygens (including phenoxy) is 1. The van der Waals surface area contributed by atoms with Crippen molar-refractivity contribution < 1.29 is 4.74 Å². The van der Waals surface area contributed by atoms with Gasteiger partial charge in [-0.2, -0.15) is 0 Å². The summed E-state index contributed by atoms with van der Waals surface area (Å²) < 4.78 is 6.30. The monoisotopic (exact) mass is 341 g/mol. The van der Waals surface area contributed by atoms with Crippen LogP contribution in [-0.4, -0.2) is 13.2 Å². The first kappa shape index (κ1) is 17.5. The number of rotatable bonds is 8. The Bertz CT molecular complexity index is 408. The van der Waals surface area contributed by atoms with E-state index in [1.54, 1.807) is 7.11 Å². The molecule has 3 heteroatoms. The number of halogens is 1. The van der Waals surface area contributed by atoms with Gasteiger partial charge in [-0.3, -0.25) is 0 Å². The van der Waals surface area contributed by atoms with Crippen molar-refractivity contribution in [1.82, 2.24) is 5.32 Å². The van der Waals surface area contributed by atoms with Crippen molar-refractivity contribution in [2.24, 2.45) is 5.92 Å². The average Bonchev–Trinajstić information content (AvgIpc) is 2.45. The molecule has 0 aliphatic carbocycles. The van der Waals surface area contributed by atoms with Crippen LogP contribution in [0, 0.1) is 5.92 Å². The Kier molecular flexibility index (Phi) is 7.60. The van der Waals surface area contributed by atoms with Crippen LogP contribution in [0.4, 0.5) is 0 Å². The third-order valence-electron chi connectivity index (χ3n) is 4.04. The van der Waals surface area contributed by atoms with Crippen LogP contribution in [0.1, 0.15) is 58.6 Å². The van der Waals surface area contributed by atoms with Crippen molar-refractivity contribution >= 4 is 15.9 Å². The summed E-state index contributed by atoms with van der Waals surface area (Å²) in [6, 6.07) is 7.24. The smallest absolute Gasteiger partial charge is 0.133 e. The highest BCUT2D eigenvalue weighted by molar-refractivity contribution is 9.10. The number of methoxy groups -OCH3 is 1. The minimum Gasteiger partial charge on any atom is -0.496 e. The maximum Gasteiger partial charge on any atom is 0.133 e. The van der Waals surface area contributed by atoms with E-state index in [0.717, 1.165) is 16.1 Å². The van der Waals surface area contributed by atoms with E-state index < -0.39 is 0 Å². The van der Waals surface area contributed by atoms with E-state index in [0.29, 0.717) is 12.1 Å². The highest BCUT2D eigenvalue weighted by Gasteiger charge is 2.15. The Hall–Kier alpha value is -0.540. The van der Waals surface area contributed by atoms with Gasteiger partial charge in [0.1, 0.15) is 5.75 Å². The summed E-state index contributed by atoms with van der Waals surface area (Å²) in [7, 11) is 1.70. The number of nitrogens with one attached hydrogen (secondary N) is 1. The van der Waals surface area contributed by atoms with Crippen LogP contribution in [0.25, 0.3) is 0 Å². The fraction of sp³-hybridized carbons (Fsp3) is 0.647. The first-order chi connectivity index (χ1) is 9.51. The predicted molar refractivity (Wildman–Crippen MR) is 90.4 cm³/mol. The van der Waals surface area contributed by atoms with Crippen molar-refractivity contribution in [2.75, 3.05) is 7.11 Å². The van der Waals surface area contributed by atoms with Crippen molar-refractivity contribution in [3.63, 3.8) is 0 Å². The molecular formula is C17H28BrNO. The minimum absolute atomic E-state index is 0.353. The lowest BCUT2D eigenvalue weighted by Gasteiger charge is -2.25. The molecule has 0 radical (unpaired) electrons. The Balaban J connectivity index is 2.69. The zero-order valence-corrected chi connectivity index (χ0v) is 15.0. The molecule has 0 heterocycles. The quantitative estimate of drug-likeness (QED) is 0.690. The van der Waals surface area contributed by atoms with Gasteiger partial charge in [-0.1, -0.05) is 33.3 Å². The molecule has 2 nitrogen and oxygen atoms in total. The van der Waals surface area contributed by atoms with Gasteiger partial charge in [0, 0.05) is 12.1 Å². The topological polar surface area (TPSA) is 21.3 Å². The van der Waals surface area contributed by atoms with Gasteiger partial charge < -0.3 is 10.1 Å². The lowest BCUT2D eigenvalue weighted by Crippen LogP contribution is -2.32. The highest BCUT2D eigenvalue weighted by atomic mass is 79.9. The van der Waals surface area contributed by atoms with Crippen LogP contribution in [-0.2, 0) is 0 Å². The molecule has 1 aromatic carbocycles. The van der Waals surface area contributed by atoms with Crippen LogP contribution < -0.4 is 10.1 Å². The molecule has 114 valence electrons. The summed E-state index contributed by atoms with van der Waals surface area (Å²) in [4.78, 5) is 0. The molecule has 1 rings (SSSR count). The maximum absolute atomic E-state index is 5.28. The lowest BCUT2D eigenvalue weighted by atomic mass is 9.96. The molecule has 0 aliphatic heterocycles. The Morgan fingerprint density at radius 2 is 1.90 bits per heavy atom. The molecule has 0 aliphatic rings. The normalized spacial score (nSPS) is 15.7. The molecule has 0 saturated heterocycles. The van der Waals surface area contributed by atoms with Gasteiger partial charge in [0.25, 0.3) is 0 Å². The Morgan fingerprint density at radius 1 is 1.20 bits per heavy atom. The van der Waals surface area contributed by atoms with E-state index in [9.17, 15) is 0 Å². The summed E-state index contributed by atoms with van der Waals surface area (Å²) >= 11 is 3.56. The van der Waals surface area contributed by atoms with Crippen LogP contribution in [0.3, 0.4) is 0 Å². The fourth-order valence-electron chi connectivity index (χ4n) is 2.41. The maximum atomic E-state index is 5.28. The molecule has 0 amide bonds. The van der Waals surface area contributed by atoms with Crippen molar-refractivity contribution in [3.8, 4) is 5.75 Å². The van der Waals surface area contributed by atoms with Gasteiger partial charge in [-0.15, -0.1) is 0 Å². The fourth-order valence-corrected chi connectivity index (χ4v) is 2.97. The van der Waals surface area contributed by atoms with Gasteiger partial charge in [0.15, 0.2) is 0 Å². The molecule has 0 aromatic heterocycles. The average molecular weight is 342 g/mol. The minimum atomic E-state index is 0.353. The Morgan fingerprint density at radius 3 is 2.40 bits per heavy atom. The van der Waals surface area contributed by atoms with E-state index >= 15 is 0 Å². The van der Waals surface area contributed by atoms with E-state index in [1.165, 1.54) is 24.8 Å². The number of hydrogen-bond acceptors (Lipinski definition) is 2. The summed E-state index contributed by atoms with van der Waals surface area (Å²) in [5.41, 5.74) is 1.29. The van der Waals surface area contributed by atoms with E-state index in [2.05, 4.69) is 61.1 Å². The van der Waals surface area contributed by atoms with Gasteiger partial charge in [-0.25, -0.2) is 0 Å².